The Balaban J connectivity index is 1.44. The maximum absolute atomic E-state index is 14.1. The lowest BCUT2D eigenvalue weighted by atomic mass is 9.98. The van der Waals surface area contributed by atoms with Gasteiger partial charge in [0.15, 0.2) is 5.69 Å². The lowest BCUT2D eigenvalue weighted by Crippen LogP contribution is -2.55. The summed E-state index contributed by atoms with van der Waals surface area (Å²) in [5, 5.41) is 10.7. The van der Waals surface area contributed by atoms with Crippen LogP contribution in [0.5, 0.6) is 0 Å². The van der Waals surface area contributed by atoms with E-state index in [1.165, 1.54) is 5.56 Å². The minimum absolute atomic E-state index is 0.00472. The van der Waals surface area contributed by atoms with Crippen molar-refractivity contribution in [3.63, 3.8) is 0 Å². The molecule has 1 aliphatic carbocycles. The maximum atomic E-state index is 14.1. The number of benzene rings is 2. The normalized spacial score (nSPS) is 22.9. The van der Waals surface area contributed by atoms with Crippen LogP contribution in [0.2, 0.25) is 0 Å². The van der Waals surface area contributed by atoms with Gasteiger partial charge < -0.3 is 14.6 Å². The lowest BCUT2D eigenvalue weighted by Gasteiger charge is -2.42. The van der Waals surface area contributed by atoms with Crippen LogP contribution >= 0.6 is 0 Å². The standard InChI is InChI=1S/C30H38N4O2/c1-22(2)18-25-20-32(19-23-10-5-3-6-11-23)16-17-33(25)30(36)28-29(24-12-7-4-8-13-24)34(21-31-28)26-14-9-15-27(26)35/h3-8,10-13,21-22,25-27,35H,9,14-20H2,1-2H3/t25-,26-,27-/m1/s1. The fourth-order valence-electron chi connectivity index (χ4n) is 5.95. The molecule has 1 saturated carbocycles. The van der Waals surface area contributed by atoms with Crippen LogP contribution in [0.15, 0.2) is 67.0 Å². The van der Waals surface area contributed by atoms with Crippen LogP contribution in [0.1, 0.15) is 61.6 Å². The molecule has 36 heavy (non-hydrogen) atoms. The number of aliphatic hydroxyl groups is 1. The summed E-state index contributed by atoms with van der Waals surface area (Å²) >= 11 is 0. The van der Waals surface area contributed by atoms with E-state index in [4.69, 9.17) is 4.98 Å². The van der Waals surface area contributed by atoms with Crippen molar-refractivity contribution in [3.8, 4) is 11.3 Å². The van der Waals surface area contributed by atoms with Gasteiger partial charge in [-0.15, -0.1) is 0 Å². The molecule has 2 heterocycles. The molecule has 1 aliphatic heterocycles. The number of piperazine rings is 1. The van der Waals surface area contributed by atoms with Gasteiger partial charge in [-0.2, -0.15) is 0 Å². The summed E-state index contributed by atoms with van der Waals surface area (Å²) in [6.07, 6.45) is 5.01. The summed E-state index contributed by atoms with van der Waals surface area (Å²) < 4.78 is 2.06. The highest BCUT2D eigenvalue weighted by atomic mass is 16.3. The number of carbonyl (C=O) groups excluding carboxylic acids is 1. The Hall–Kier alpha value is -2.96. The van der Waals surface area contributed by atoms with Crippen LogP contribution in [-0.2, 0) is 6.54 Å². The number of hydrogen-bond donors (Lipinski definition) is 1. The van der Waals surface area contributed by atoms with Crippen molar-refractivity contribution < 1.29 is 9.90 Å². The zero-order valence-corrected chi connectivity index (χ0v) is 21.5. The largest absolute Gasteiger partial charge is 0.391 e. The van der Waals surface area contributed by atoms with Crippen LogP contribution in [0.4, 0.5) is 0 Å². The molecule has 0 bridgehead atoms. The molecule has 3 aromatic rings. The number of amides is 1. The molecule has 6 nitrogen and oxygen atoms in total. The summed E-state index contributed by atoms with van der Waals surface area (Å²) in [5.74, 6) is 0.492. The first-order valence-corrected chi connectivity index (χ1v) is 13.4. The van der Waals surface area contributed by atoms with E-state index >= 15 is 0 Å². The van der Waals surface area contributed by atoms with Crippen molar-refractivity contribution in [2.75, 3.05) is 19.6 Å². The Bertz CT molecular complexity index is 1140. The lowest BCUT2D eigenvalue weighted by molar-refractivity contribution is 0.0388. The number of carbonyl (C=O) groups is 1. The number of hydrogen-bond acceptors (Lipinski definition) is 4. The first-order valence-electron chi connectivity index (χ1n) is 13.4. The predicted octanol–water partition coefficient (Wildman–Crippen LogP) is 5.01. The molecule has 2 fully saturated rings. The quantitative estimate of drug-likeness (QED) is 0.510. The molecule has 6 heteroatoms. The number of nitrogens with zero attached hydrogens (tertiary/aromatic N) is 4. The molecule has 5 rings (SSSR count). The van der Waals surface area contributed by atoms with Gasteiger partial charge in [0.25, 0.3) is 5.91 Å². The molecule has 1 N–H and O–H groups in total. The van der Waals surface area contributed by atoms with Crippen molar-refractivity contribution in [3.05, 3.63) is 78.2 Å². The Morgan fingerprint density at radius 1 is 1.03 bits per heavy atom. The van der Waals surface area contributed by atoms with Crippen LogP contribution in [0, 0.1) is 5.92 Å². The summed E-state index contributed by atoms with van der Waals surface area (Å²) in [7, 11) is 0. The van der Waals surface area contributed by atoms with Gasteiger partial charge >= 0.3 is 0 Å². The van der Waals surface area contributed by atoms with E-state index in [-0.39, 0.29) is 18.0 Å². The van der Waals surface area contributed by atoms with Crippen molar-refractivity contribution >= 4 is 5.91 Å². The second kappa shape index (κ2) is 11.0. The molecule has 190 valence electrons. The minimum Gasteiger partial charge on any atom is -0.391 e. The van der Waals surface area contributed by atoms with Crippen molar-refractivity contribution in [1.29, 1.82) is 0 Å². The van der Waals surface area contributed by atoms with Gasteiger partial charge in [0.05, 0.1) is 24.2 Å². The van der Waals surface area contributed by atoms with Crippen molar-refractivity contribution in [1.82, 2.24) is 19.4 Å². The molecule has 2 aliphatic rings. The van der Waals surface area contributed by atoms with Crippen molar-refractivity contribution in [2.45, 2.75) is 64.3 Å². The second-order valence-electron chi connectivity index (χ2n) is 10.8. The highest BCUT2D eigenvalue weighted by Crippen LogP contribution is 2.36. The molecule has 0 radical (unpaired) electrons. The van der Waals surface area contributed by atoms with Crippen LogP contribution < -0.4 is 0 Å². The van der Waals surface area contributed by atoms with Crippen LogP contribution in [0.25, 0.3) is 11.3 Å². The van der Waals surface area contributed by atoms with Gasteiger partial charge in [0.1, 0.15) is 0 Å². The first kappa shape index (κ1) is 24.7. The molecular weight excluding hydrogens is 448 g/mol. The van der Waals surface area contributed by atoms with Gasteiger partial charge in [0, 0.05) is 37.8 Å². The van der Waals surface area contributed by atoms with Gasteiger partial charge in [0.2, 0.25) is 0 Å². The highest BCUT2D eigenvalue weighted by Gasteiger charge is 2.36. The first-order chi connectivity index (χ1) is 17.5. The third-order valence-electron chi connectivity index (χ3n) is 7.66. The molecule has 0 unspecified atom stereocenters. The molecule has 0 spiro atoms. The topological polar surface area (TPSA) is 61.6 Å². The van der Waals surface area contributed by atoms with Gasteiger partial charge in [-0.25, -0.2) is 4.98 Å². The van der Waals surface area contributed by atoms with E-state index in [9.17, 15) is 9.90 Å². The fourth-order valence-corrected chi connectivity index (χ4v) is 5.95. The number of rotatable bonds is 7. The third-order valence-corrected chi connectivity index (χ3v) is 7.66. The van der Waals surface area contributed by atoms with E-state index in [1.807, 2.05) is 30.3 Å². The molecule has 1 aromatic heterocycles. The molecular formula is C30H38N4O2. The van der Waals surface area contributed by atoms with E-state index in [1.54, 1.807) is 6.33 Å². The molecule has 3 atom stereocenters. The molecule has 2 aromatic carbocycles. The Kier molecular flexibility index (Phi) is 7.54. The minimum atomic E-state index is -0.403. The average molecular weight is 487 g/mol. The van der Waals surface area contributed by atoms with Gasteiger partial charge in [-0.1, -0.05) is 74.5 Å². The summed E-state index contributed by atoms with van der Waals surface area (Å²) in [5.41, 5.74) is 3.62. The summed E-state index contributed by atoms with van der Waals surface area (Å²) in [4.78, 5) is 23.4. The Morgan fingerprint density at radius 2 is 1.75 bits per heavy atom. The smallest absolute Gasteiger partial charge is 0.275 e. The zero-order chi connectivity index (χ0) is 25.1. The molecule has 1 amide bonds. The van der Waals surface area contributed by atoms with E-state index < -0.39 is 6.10 Å². The van der Waals surface area contributed by atoms with Gasteiger partial charge in [-0.05, 0) is 37.2 Å². The second-order valence-corrected chi connectivity index (χ2v) is 10.8. The summed E-state index contributed by atoms with van der Waals surface area (Å²) in [6, 6.07) is 20.7. The van der Waals surface area contributed by atoms with Crippen LogP contribution in [-0.4, -0.2) is 62.1 Å². The summed E-state index contributed by atoms with van der Waals surface area (Å²) in [6.45, 7) is 7.76. The predicted molar refractivity (Wildman–Crippen MR) is 143 cm³/mol. The molecule has 1 saturated heterocycles. The third kappa shape index (κ3) is 5.25. The zero-order valence-electron chi connectivity index (χ0n) is 21.5. The monoisotopic (exact) mass is 486 g/mol. The Labute approximate surface area is 214 Å². The average Bonchev–Trinajstić information content (AvgIpc) is 3.50. The van der Waals surface area contributed by atoms with E-state index in [0.717, 1.165) is 56.6 Å². The van der Waals surface area contributed by atoms with E-state index in [2.05, 4.69) is 58.5 Å². The van der Waals surface area contributed by atoms with Gasteiger partial charge in [-0.3, -0.25) is 9.69 Å². The van der Waals surface area contributed by atoms with Crippen LogP contribution in [0.3, 0.4) is 0 Å². The Morgan fingerprint density at radius 3 is 2.42 bits per heavy atom. The highest BCUT2D eigenvalue weighted by molar-refractivity contribution is 5.98. The number of aliphatic hydroxyl groups excluding tert-OH is 1. The van der Waals surface area contributed by atoms with E-state index in [0.29, 0.717) is 18.2 Å². The van der Waals surface area contributed by atoms with Crippen molar-refractivity contribution in [2.24, 2.45) is 5.92 Å². The number of aromatic nitrogens is 2. The fraction of sp³-hybridized carbons (Fsp3) is 0.467. The SMILES string of the molecule is CC(C)C[C@@H]1CN(Cc2ccccc2)CCN1C(=O)c1ncn([C@@H]2CCC[C@H]2O)c1-c1ccccc1. The maximum Gasteiger partial charge on any atom is 0.275 e. The number of imidazole rings is 1.